The molecule has 0 aromatic carbocycles. The first kappa shape index (κ1) is 15.7. The molecule has 0 aromatic rings. The van der Waals surface area contributed by atoms with Crippen molar-refractivity contribution >= 4 is 5.91 Å². The molecule has 3 N–H and O–H groups in total. The highest BCUT2D eigenvalue weighted by atomic mass is 16.5. The number of morpholine rings is 1. The van der Waals surface area contributed by atoms with Gasteiger partial charge in [0.1, 0.15) is 6.04 Å². The molecule has 2 aliphatic rings. The van der Waals surface area contributed by atoms with Crippen LogP contribution >= 0.6 is 0 Å². The fraction of sp³-hybridized carbons (Fsp3) is 0.929. The molecule has 0 aliphatic carbocycles. The molecule has 2 unspecified atom stereocenters. The van der Waals surface area contributed by atoms with Gasteiger partial charge in [-0.2, -0.15) is 0 Å². The second-order valence-electron chi connectivity index (χ2n) is 6.26. The number of nitrogens with one attached hydrogen (secondary N) is 1. The molecular weight excluding hydrogens is 256 g/mol. The van der Waals surface area contributed by atoms with E-state index in [4.69, 9.17) is 10.5 Å². The van der Waals surface area contributed by atoms with Gasteiger partial charge in [0, 0.05) is 45.8 Å². The molecule has 6 nitrogen and oxygen atoms in total. The molecule has 0 spiro atoms. The van der Waals surface area contributed by atoms with E-state index in [9.17, 15) is 4.79 Å². The first-order valence-corrected chi connectivity index (χ1v) is 7.64. The summed E-state index contributed by atoms with van der Waals surface area (Å²) in [4.78, 5) is 16.1. The molecular formula is C14H28N4O2. The second kappa shape index (κ2) is 7.36. The number of primary amides is 1. The fourth-order valence-corrected chi connectivity index (χ4v) is 3.08. The van der Waals surface area contributed by atoms with E-state index in [0.717, 1.165) is 45.9 Å². The second-order valence-corrected chi connectivity index (χ2v) is 6.26. The Morgan fingerprint density at radius 1 is 1.45 bits per heavy atom. The van der Waals surface area contributed by atoms with Gasteiger partial charge in [-0.05, 0) is 5.92 Å². The molecule has 2 aliphatic heterocycles. The molecule has 0 aromatic heterocycles. The van der Waals surface area contributed by atoms with E-state index in [1.807, 2.05) is 0 Å². The molecule has 2 fully saturated rings. The number of hydrogen-bond acceptors (Lipinski definition) is 5. The van der Waals surface area contributed by atoms with Crippen LogP contribution < -0.4 is 11.1 Å². The van der Waals surface area contributed by atoms with Crippen molar-refractivity contribution in [1.29, 1.82) is 0 Å². The van der Waals surface area contributed by atoms with Gasteiger partial charge in [-0.1, -0.05) is 13.8 Å². The molecule has 20 heavy (non-hydrogen) atoms. The highest BCUT2D eigenvalue weighted by Gasteiger charge is 2.30. The van der Waals surface area contributed by atoms with Crippen LogP contribution in [0.15, 0.2) is 0 Å². The average Bonchev–Trinajstić information content (AvgIpc) is 2.38. The van der Waals surface area contributed by atoms with E-state index in [1.165, 1.54) is 0 Å². The minimum atomic E-state index is -0.243. The number of ether oxygens (including phenoxy) is 1. The van der Waals surface area contributed by atoms with E-state index in [0.29, 0.717) is 12.5 Å². The van der Waals surface area contributed by atoms with Crippen molar-refractivity contribution in [1.82, 2.24) is 15.1 Å². The van der Waals surface area contributed by atoms with Crippen LogP contribution in [0.25, 0.3) is 0 Å². The summed E-state index contributed by atoms with van der Waals surface area (Å²) in [6.07, 6.45) is 0.183. The molecule has 2 rings (SSSR count). The zero-order valence-electron chi connectivity index (χ0n) is 12.7. The number of rotatable bonds is 5. The van der Waals surface area contributed by atoms with Crippen LogP contribution in [0.2, 0.25) is 0 Å². The summed E-state index contributed by atoms with van der Waals surface area (Å²) in [6, 6.07) is -0.201. The van der Waals surface area contributed by atoms with Crippen LogP contribution in [0.1, 0.15) is 13.8 Å². The first-order chi connectivity index (χ1) is 9.56. The van der Waals surface area contributed by atoms with Crippen molar-refractivity contribution in [2.45, 2.75) is 26.0 Å². The zero-order valence-corrected chi connectivity index (χ0v) is 12.7. The van der Waals surface area contributed by atoms with Gasteiger partial charge in [0.05, 0.1) is 12.7 Å². The quantitative estimate of drug-likeness (QED) is 0.685. The lowest BCUT2D eigenvalue weighted by Crippen LogP contribution is -2.60. The summed E-state index contributed by atoms with van der Waals surface area (Å²) in [5, 5.41) is 3.22. The van der Waals surface area contributed by atoms with E-state index in [2.05, 4.69) is 29.0 Å². The lowest BCUT2D eigenvalue weighted by Gasteiger charge is -2.40. The smallest absolute Gasteiger partial charge is 0.236 e. The van der Waals surface area contributed by atoms with Crippen molar-refractivity contribution in [3.05, 3.63) is 0 Å². The maximum Gasteiger partial charge on any atom is 0.236 e. The molecule has 1 amide bonds. The van der Waals surface area contributed by atoms with Crippen LogP contribution in [-0.4, -0.2) is 80.3 Å². The van der Waals surface area contributed by atoms with Gasteiger partial charge >= 0.3 is 0 Å². The maximum atomic E-state index is 11.5. The average molecular weight is 284 g/mol. The molecule has 2 heterocycles. The molecule has 6 heteroatoms. The number of piperazine rings is 1. The minimum Gasteiger partial charge on any atom is -0.374 e. The van der Waals surface area contributed by atoms with Gasteiger partial charge in [0.2, 0.25) is 5.91 Å². The third-order valence-electron chi connectivity index (χ3n) is 3.97. The van der Waals surface area contributed by atoms with Crippen molar-refractivity contribution in [3.8, 4) is 0 Å². The van der Waals surface area contributed by atoms with Crippen molar-refractivity contribution in [2.24, 2.45) is 11.7 Å². The Morgan fingerprint density at radius 3 is 2.95 bits per heavy atom. The van der Waals surface area contributed by atoms with Gasteiger partial charge in [-0.15, -0.1) is 0 Å². The van der Waals surface area contributed by atoms with Crippen LogP contribution in [0.4, 0.5) is 0 Å². The van der Waals surface area contributed by atoms with Crippen LogP contribution in [-0.2, 0) is 9.53 Å². The highest BCUT2D eigenvalue weighted by Crippen LogP contribution is 2.12. The highest BCUT2D eigenvalue weighted by molar-refractivity contribution is 5.80. The standard InChI is InChI=1S/C14H28N4O2/c1-11(2)8-17-5-6-20-12(9-17)10-18-4-3-16-7-13(18)14(15)19/h11-13,16H,3-10H2,1-2H3,(H2,15,19). The number of carbonyl (C=O) groups is 1. The molecule has 2 atom stereocenters. The maximum absolute atomic E-state index is 11.5. The number of nitrogens with zero attached hydrogens (tertiary/aromatic N) is 2. The third-order valence-corrected chi connectivity index (χ3v) is 3.97. The van der Waals surface area contributed by atoms with Gasteiger partial charge < -0.3 is 15.8 Å². The zero-order chi connectivity index (χ0) is 14.5. The van der Waals surface area contributed by atoms with Crippen molar-refractivity contribution in [3.63, 3.8) is 0 Å². The Hall–Kier alpha value is -0.690. The molecule has 2 saturated heterocycles. The lowest BCUT2D eigenvalue weighted by molar-refractivity contribution is -0.125. The number of hydrogen-bond donors (Lipinski definition) is 2. The van der Waals surface area contributed by atoms with Crippen molar-refractivity contribution < 1.29 is 9.53 Å². The fourth-order valence-electron chi connectivity index (χ4n) is 3.08. The third kappa shape index (κ3) is 4.41. The summed E-state index contributed by atoms with van der Waals surface area (Å²) in [6.45, 7) is 11.5. The van der Waals surface area contributed by atoms with E-state index >= 15 is 0 Å². The number of nitrogens with two attached hydrogens (primary N) is 1. The monoisotopic (exact) mass is 284 g/mol. The SMILES string of the molecule is CC(C)CN1CCOC(CN2CCNCC2C(N)=O)C1. The van der Waals surface area contributed by atoms with Gasteiger partial charge in [-0.25, -0.2) is 0 Å². The van der Waals surface area contributed by atoms with Gasteiger partial charge in [0.25, 0.3) is 0 Å². The normalized spacial score (nSPS) is 29.8. The predicted molar refractivity (Wildman–Crippen MR) is 78.4 cm³/mol. The van der Waals surface area contributed by atoms with Crippen molar-refractivity contribution in [2.75, 3.05) is 52.4 Å². The summed E-state index contributed by atoms with van der Waals surface area (Å²) >= 11 is 0. The Morgan fingerprint density at radius 2 is 2.25 bits per heavy atom. The molecule has 0 radical (unpaired) electrons. The van der Waals surface area contributed by atoms with Crippen LogP contribution in [0.5, 0.6) is 0 Å². The molecule has 116 valence electrons. The number of amides is 1. The lowest BCUT2D eigenvalue weighted by atomic mass is 10.1. The Labute approximate surface area is 121 Å². The summed E-state index contributed by atoms with van der Waals surface area (Å²) in [5.41, 5.74) is 5.48. The van der Waals surface area contributed by atoms with Gasteiger partial charge in [-0.3, -0.25) is 14.6 Å². The van der Waals surface area contributed by atoms with E-state index < -0.39 is 0 Å². The largest absolute Gasteiger partial charge is 0.374 e. The first-order valence-electron chi connectivity index (χ1n) is 7.64. The van der Waals surface area contributed by atoms with Crippen LogP contribution in [0, 0.1) is 5.92 Å². The predicted octanol–water partition coefficient (Wildman–Crippen LogP) is -0.898. The topological polar surface area (TPSA) is 70.8 Å². The Kier molecular flexibility index (Phi) is 5.77. The summed E-state index contributed by atoms with van der Waals surface area (Å²) < 4.78 is 5.86. The van der Waals surface area contributed by atoms with Gasteiger partial charge in [0.15, 0.2) is 0 Å². The van der Waals surface area contributed by atoms with Crippen LogP contribution in [0.3, 0.4) is 0 Å². The number of carbonyl (C=O) groups excluding carboxylic acids is 1. The van der Waals surface area contributed by atoms with E-state index in [-0.39, 0.29) is 18.1 Å². The minimum absolute atomic E-state index is 0.183. The summed E-state index contributed by atoms with van der Waals surface area (Å²) in [5.74, 6) is 0.429. The molecule has 0 saturated carbocycles. The Bertz CT molecular complexity index is 324. The summed E-state index contributed by atoms with van der Waals surface area (Å²) in [7, 11) is 0. The van der Waals surface area contributed by atoms with E-state index in [1.54, 1.807) is 0 Å². The molecule has 0 bridgehead atoms. The Balaban J connectivity index is 1.86.